The van der Waals surface area contributed by atoms with Crippen LogP contribution in [0.15, 0.2) is 0 Å². The van der Waals surface area contributed by atoms with E-state index in [1.807, 2.05) is 13.8 Å². The van der Waals surface area contributed by atoms with Crippen molar-refractivity contribution in [1.29, 1.82) is 0 Å². The van der Waals surface area contributed by atoms with Crippen LogP contribution in [0.1, 0.15) is 27.2 Å². The first kappa shape index (κ1) is 21.6. The summed E-state index contributed by atoms with van der Waals surface area (Å²) in [4.78, 5) is 11.8. The Morgan fingerprint density at radius 3 is 2.68 bits per heavy atom. The normalized spacial score (nSPS) is 22.2. The van der Waals surface area contributed by atoms with E-state index in [9.17, 15) is 13.2 Å². The van der Waals surface area contributed by atoms with Gasteiger partial charge in [0.25, 0.3) is 0 Å². The van der Waals surface area contributed by atoms with Crippen LogP contribution in [-0.2, 0) is 19.6 Å². The highest BCUT2D eigenvalue weighted by Gasteiger charge is 2.23. The highest BCUT2D eigenvalue weighted by molar-refractivity contribution is 7.89. The lowest BCUT2D eigenvalue weighted by molar-refractivity contribution is -0.121. The first-order valence-electron chi connectivity index (χ1n) is 7.39. The van der Waals surface area contributed by atoms with Crippen molar-refractivity contribution in [3.05, 3.63) is 0 Å². The zero-order valence-electron chi connectivity index (χ0n) is 13.4. The van der Waals surface area contributed by atoms with Crippen LogP contribution in [0.3, 0.4) is 0 Å². The summed E-state index contributed by atoms with van der Waals surface area (Å²) in [5, 5.41) is 6.13. The van der Waals surface area contributed by atoms with Crippen molar-refractivity contribution in [2.45, 2.75) is 39.3 Å². The number of rotatable bonds is 8. The largest absolute Gasteiger partial charge is 0.378 e. The van der Waals surface area contributed by atoms with Gasteiger partial charge < -0.3 is 15.4 Å². The minimum absolute atomic E-state index is 0. The lowest BCUT2D eigenvalue weighted by Gasteiger charge is -2.30. The van der Waals surface area contributed by atoms with Gasteiger partial charge in [-0.2, -0.15) is 0 Å². The first-order valence-corrected chi connectivity index (χ1v) is 9.04. The Morgan fingerprint density at radius 1 is 1.41 bits per heavy atom. The summed E-state index contributed by atoms with van der Waals surface area (Å²) < 4.78 is 30.9. The fourth-order valence-corrected chi connectivity index (χ4v) is 2.94. The molecule has 0 bridgehead atoms. The molecule has 1 rings (SSSR count). The molecule has 0 saturated carbocycles. The molecule has 1 heterocycles. The van der Waals surface area contributed by atoms with E-state index < -0.39 is 10.0 Å². The zero-order chi connectivity index (χ0) is 15.9. The Bertz CT molecular complexity index is 431. The zero-order valence-corrected chi connectivity index (χ0v) is 15.1. The van der Waals surface area contributed by atoms with Gasteiger partial charge in [0.05, 0.1) is 25.0 Å². The van der Waals surface area contributed by atoms with Crippen molar-refractivity contribution >= 4 is 28.3 Å². The SMILES string of the molecule is CC(C)OCCS(=O)(=O)NCC(=O)NC1CCNCC1C.Cl. The minimum atomic E-state index is -3.47. The molecule has 0 aliphatic carbocycles. The third kappa shape index (κ3) is 8.89. The van der Waals surface area contributed by atoms with Gasteiger partial charge in [0.1, 0.15) is 0 Å². The van der Waals surface area contributed by atoms with Gasteiger partial charge >= 0.3 is 0 Å². The van der Waals surface area contributed by atoms with E-state index >= 15 is 0 Å². The van der Waals surface area contributed by atoms with E-state index in [2.05, 4.69) is 22.3 Å². The number of ether oxygens (including phenoxy) is 1. The lowest BCUT2D eigenvalue weighted by Crippen LogP contribution is -2.50. The monoisotopic (exact) mass is 357 g/mol. The van der Waals surface area contributed by atoms with Crippen LogP contribution in [0.4, 0.5) is 0 Å². The number of piperidine rings is 1. The Kier molecular flexibility index (Phi) is 10.2. The Morgan fingerprint density at radius 2 is 2.09 bits per heavy atom. The van der Waals surface area contributed by atoms with Crippen molar-refractivity contribution in [3.63, 3.8) is 0 Å². The van der Waals surface area contributed by atoms with Crippen LogP contribution < -0.4 is 15.4 Å². The number of carbonyl (C=O) groups excluding carboxylic acids is 1. The third-order valence-corrected chi connectivity index (χ3v) is 4.68. The number of carbonyl (C=O) groups is 1. The Balaban J connectivity index is 0.00000441. The van der Waals surface area contributed by atoms with Crippen LogP contribution >= 0.6 is 12.4 Å². The van der Waals surface area contributed by atoms with Gasteiger partial charge in [-0.15, -0.1) is 12.4 Å². The fraction of sp³-hybridized carbons (Fsp3) is 0.923. The molecule has 0 aromatic rings. The molecule has 1 saturated heterocycles. The topological polar surface area (TPSA) is 96.5 Å². The second-order valence-electron chi connectivity index (χ2n) is 5.70. The first-order chi connectivity index (χ1) is 9.80. The van der Waals surface area contributed by atoms with Crippen molar-refractivity contribution in [2.75, 3.05) is 32.0 Å². The molecule has 3 N–H and O–H groups in total. The molecule has 0 aromatic heterocycles. The quantitative estimate of drug-likeness (QED) is 0.562. The van der Waals surface area contributed by atoms with E-state index in [1.165, 1.54) is 0 Å². The van der Waals surface area contributed by atoms with Gasteiger partial charge in [0, 0.05) is 6.04 Å². The molecule has 2 unspecified atom stereocenters. The van der Waals surface area contributed by atoms with Gasteiger partial charge in [-0.1, -0.05) is 6.92 Å². The summed E-state index contributed by atoms with van der Waals surface area (Å²) in [5.41, 5.74) is 0. The van der Waals surface area contributed by atoms with Crippen LogP contribution in [0.2, 0.25) is 0 Å². The van der Waals surface area contributed by atoms with E-state index in [1.54, 1.807) is 0 Å². The number of amides is 1. The predicted octanol–water partition coefficient (Wildman–Crippen LogP) is -0.133. The van der Waals surface area contributed by atoms with Gasteiger partial charge in [-0.05, 0) is 39.3 Å². The minimum Gasteiger partial charge on any atom is -0.378 e. The van der Waals surface area contributed by atoms with Crippen LogP contribution in [0.5, 0.6) is 0 Å². The molecule has 1 amide bonds. The van der Waals surface area contributed by atoms with Gasteiger partial charge in [-0.25, -0.2) is 13.1 Å². The van der Waals surface area contributed by atoms with Crippen molar-refractivity contribution < 1.29 is 17.9 Å². The van der Waals surface area contributed by atoms with Crippen molar-refractivity contribution in [1.82, 2.24) is 15.4 Å². The third-order valence-electron chi connectivity index (χ3n) is 3.39. The molecule has 0 radical (unpaired) electrons. The molecule has 0 aromatic carbocycles. The number of hydrogen-bond donors (Lipinski definition) is 3. The summed E-state index contributed by atoms with van der Waals surface area (Å²) in [7, 11) is -3.47. The van der Waals surface area contributed by atoms with E-state index in [0.29, 0.717) is 5.92 Å². The van der Waals surface area contributed by atoms with Gasteiger partial charge in [0.2, 0.25) is 15.9 Å². The number of halogens is 1. The van der Waals surface area contributed by atoms with E-state index in [0.717, 1.165) is 19.5 Å². The molecule has 7 nitrogen and oxygen atoms in total. The molecular formula is C13H28ClN3O4S. The summed E-state index contributed by atoms with van der Waals surface area (Å²) >= 11 is 0. The summed E-state index contributed by atoms with van der Waals surface area (Å²) in [5.74, 6) is -0.0804. The maximum Gasteiger partial charge on any atom is 0.235 e. The number of hydrogen-bond acceptors (Lipinski definition) is 5. The predicted molar refractivity (Wildman–Crippen MR) is 88.7 cm³/mol. The maximum absolute atomic E-state index is 11.8. The van der Waals surface area contributed by atoms with Crippen molar-refractivity contribution in [2.24, 2.45) is 5.92 Å². The average molecular weight is 358 g/mol. The van der Waals surface area contributed by atoms with Crippen LogP contribution in [-0.4, -0.2) is 58.5 Å². The van der Waals surface area contributed by atoms with Gasteiger partial charge in [-0.3, -0.25) is 4.79 Å². The molecule has 1 aliphatic heterocycles. The Hall–Kier alpha value is -0.410. The molecule has 132 valence electrons. The summed E-state index contributed by atoms with van der Waals surface area (Å²) in [6.07, 6.45) is 0.854. The molecular weight excluding hydrogens is 330 g/mol. The smallest absolute Gasteiger partial charge is 0.235 e. The molecule has 1 fully saturated rings. The fourth-order valence-electron chi connectivity index (χ4n) is 2.13. The van der Waals surface area contributed by atoms with Crippen molar-refractivity contribution in [3.8, 4) is 0 Å². The lowest BCUT2D eigenvalue weighted by atomic mass is 9.95. The highest BCUT2D eigenvalue weighted by atomic mass is 35.5. The Labute approximate surface area is 139 Å². The number of nitrogens with one attached hydrogen (secondary N) is 3. The average Bonchev–Trinajstić information content (AvgIpc) is 2.39. The van der Waals surface area contributed by atoms with Crippen LogP contribution in [0.25, 0.3) is 0 Å². The molecule has 0 spiro atoms. The van der Waals surface area contributed by atoms with E-state index in [-0.39, 0.29) is 49.4 Å². The summed E-state index contributed by atoms with van der Waals surface area (Å²) in [6.45, 7) is 7.38. The van der Waals surface area contributed by atoms with Crippen LogP contribution in [0, 0.1) is 5.92 Å². The maximum atomic E-state index is 11.8. The summed E-state index contributed by atoms with van der Waals surface area (Å²) in [6, 6.07) is 0.104. The molecule has 1 aliphatic rings. The standard InChI is InChI=1S/C13H27N3O4S.ClH/c1-10(2)20-6-7-21(18,19)15-9-13(17)16-12-4-5-14-8-11(12)3;/h10-12,14-15H,4-9H2,1-3H3,(H,16,17);1H. The second-order valence-corrected chi connectivity index (χ2v) is 7.63. The molecule has 9 heteroatoms. The second kappa shape index (κ2) is 10.4. The molecule has 22 heavy (non-hydrogen) atoms. The molecule has 2 atom stereocenters. The van der Waals surface area contributed by atoms with Gasteiger partial charge in [0.15, 0.2) is 0 Å². The van der Waals surface area contributed by atoms with E-state index in [4.69, 9.17) is 4.74 Å². The highest BCUT2D eigenvalue weighted by Crippen LogP contribution is 2.09. The number of sulfonamides is 1.